The number of rotatable bonds is 5. The molecule has 0 spiro atoms. The highest BCUT2D eigenvalue weighted by Gasteiger charge is 2.35. The highest BCUT2D eigenvalue weighted by molar-refractivity contribution is 5.76. The lowest BCUT2D eigenvalue weighted by molar-refractivity contribution is -0.146. The molecule has 5 nitrogen and oxygen atoms in total. The van der Waals surface area contributed by atoms with E-state index in [-0.39, 0.29) is 0 Å². The van der Waals surface area contributed by atoms with E-state index < -0.39 is 11.5 Å². The van der Waals surface area contributed by atoms with Gasteiger partial charge in [-0.15, -0.1) is 0 Å². The van der Waals surface area contributed by atoms with Crippen LogP contribution in [0, 0.1) is 6.92 Å². The predicted molar refractivity (Wildman–Crippen MR) is 74.9 cm³/mol. The Kier molecular flexibility index (Phi) is 3.79. The first-order valence-electron chi connectivity index (χ1n) is 6.32. The van der Waals surface area contributed by atoms with Crippen molar-refractivity contribution in [2.24, 2.45) is 0 Å². The Morgan fingerprint density at radius 3 is 2.75 bits per heavy atom. The SMILES string of the molecule is COc1ccc(CC(C)(C(=O)O)n2ccnc2)c(C)c1. The summed E-state index contributed by atoms with van der Waals surface area (Å²) in [6.07, 6.45) is 5.18. The van der Waals surface area contributed by atoms with E-state index in [1.165, 1.54) is 6.33 Å². The lowest BCUT2D eigenvalue weighted by Crippen LogP contribution is -2.40. The number of methoxy groups -OCH3 is 1. The van der Waals surface area contributed by atoms with Gasteiger partial charge in [0.1, 0.15) is 11.3 Å². The summed E-state index contributed by atoms with van der Waals surface area (Å²) in [6, 6.07) is 5.66. The Morgan fingerprint density at radius 2 is 2.25 bits per heavy atom. The molecule has 1 N–H and O–H groups in total. The van der Waals surface area contributed by atoms with E-state index >= 15 is 0 Å². The monoisotopic (exact) mass is 274 g/mol. The van der Waals surface area contributed by atoms with Crippen molar-refractivity contribution < 1.29 is 14.6 Å². The Hall–Kier alpha value is -2.30. The molecule has 106 valence electrons. The molecule has 0 amide bonds. The topological polar surface area (TPSA) is 64.3 Å². The van der Waals surface area contributed by atoms with Gasteiger partial charge in [0, 0.05) is 18.8 Å². The van der Waals surface area contributed by atoms with E-state index in [9.17, 15) is 9.90 Å². The van der Waals surface area contributed by atoms with Crippen LogP contribution in [0.4, 0.5) is 0 Å². The highest BCUT2D eigenvalue weighted by atomic mass is 16.5. The molecule has 1 atom stereocenters. The second-order valence-corrected chi connectivity index (χ2v) is 5.02. The number of benzene rings is 1. The minimum atomic E-state index is -1.06. The minimum Gasteiger partial charge on any atom is -0.497 e. The largest absolute Gasteiger partial charge is 0.497 e. The maximum atomic E-state index is 11.7. The summed E-state index contributed by atoms with van der Waals surface area (Å²) < 4.78 is 6.79. The molecule has 0 saturated carbocycles. The van der Waals surface area contributed by atoms with Crippen LogP contribution in [0.25, 0.3) is 0 Å². The van der Waals surface area contributed by atoms with Crippen molar-refractivity contribution in [2.45, 2.75) is 25.8 Å². The molecule has 0 aliphatic rings. The number of hydrogen-bond acceptors (Lipinski definition) is 3. The molecule has 0 aliphatic carbocycles. The normalized spacial score (nSPS) is 13.8. The fourth-order valence-corrected chi connectivity index (χ4v) is 2.19. The number of aryl methyl sites for hydroxylation is 1. The molecule has 1 heterocycles. The number of aromatic nitrogens is 2. The van der Waals surface area contributed by atoms with Gasteiger partial charge in [0.05, 0.1) is 13.4 Å². The van der Waals surface area contributed by atoms with Crippen LogP contribution >= 0.6 is 0 Å². The van der Waals surface area contributed by atoms with E-state index in [2.05, 4.69) is 4.98 Å². The van der Waals surface area contributed by atoms with Crippen molar-refractivity contribution in [1.29, 1.82) is 0 Å². The summed E-state index contributed by atoms with van der Waals surface area (Å²) in [5, 5.41) is 9.58. The van der Waals surface area contributed by atoms with E-state index in [1.807, 2.05) is 25.1 Å². The summed E-state index contributed by atoms with van der Waals surface area (Å²) >= 11 is 0. The molecule has 20 heavy (non-hydrogen) atoms. The zero-order valence-corrected chi connectivity index (χ0v) is 11.8. The van der Waals surface area contributed by atoms with Gasteiger partial charge in [-0.3, -0.25) is 0 Å². The summed E-state index contributed by atoms with van der Waals surface area (Å²) in [5.74, 6) is -0.114. The van der Waals surface area contributed by atoms with Gasteiger partial charge >= 0.3 is 5.97 Å². The number of carboxylic acids is 1. The van der Waals surface area contributed by atoms with Gasteiger partial charge in [0.2, 0.25) is 0 Å². The van der Waals surface area contributed by atoms with Crippen LogP contribution in [-0.2, 0) is 16.8 Å². The zero-order valence-electron chi connectivity index (χ0n) is 11.8. The third-order valence-electron chi connectivity index (χ3n) is 3.62. The van der Waals surface area contributed by atoms with Crippen molar-refractivity contribution in [2.75, 3.05) is 7.11 Å². The molecule has 0 bridgehead atoms. The Balaban J connectivity index is 2.37. The van der Waals surface area contributed by atoms with Crippen LogP contribution in [0.5, 0.6) is 5.75 Å². The average Bonchev–Trinajstić information content (AvgIpc) is 2.95. The molecular weight excluding hydrogens is 256 g/mol. The molecular formula is C15H18N2O3. The molecule has 0 saturated heterocycles. The average molecular weight is 274 g/mol. The second kappa shape index (κ2) is 5.36. The standard InChI is InChI=1S/C15H18N2O3/c1-11-8-13(20-3)5-4-12(11)9-15(2,14(18)19)17-7-6-16-10-17/h4-8,10H,9H2,1-3H3,(H,18,19). The molecule has 0 radical (unpaired) electrons. The molecule has 1 aromatic heterocycles. The van der Waals surface area contributed by atoms with E-state index in [4.69, 9.17) is 4.74 Å². The Bertz CT molecular complexity index is 608. The van der Waals surface area contributed by atoms with Gasteiger partial charge in [-0.1, -0.05) is 6.07 Å². The van der Waals surface area contributed by atoms with Crippen LogP contribution < -0.4 is 4.74 Å². The quantitative estimate of drug-likeness (QED) is 0.908. The van der Waals surface area contributed by atoms with Gasteiger partial charge in [0.15, 0.2) is 0 Å². The van der Waals surface area contributed by atoms with Crippen molar-refractivity contribution in [3.05, 3.63) is 48.0 Å². The second-order valence-electron chi connectivity index (χ2n) is 5.02. The van der Waals surface area contributed by atoms with Gasteiger partial charge in [-0.2, -0.15) is 0 Å². The summed E-state index contributed by atoms with van der Waals surface area (Å²) in [4.78, 5) is 15.6. The smallest absolute Gasteiger partial charge is 0.329 e. The maximum absolute atomic E-state index is 11.7. The fraction of sp³-hybridized carbons (Fsp3) is 0.333. The lowest BCUT2D eigenvalue weighted by Gasteiger charge is -2.27. The predicted octanol–water partition coefficient (Wildman–Crippen LogP) is 2.24. The molecule has 1 unspecified atom stereocenters. The number of imidazole rings is 1. The first kappa shape index (κ1) is 14.1. The first-order chi connectivity index (χ1) is 9.47. The van der Waals surface area contributed by atoms with E-state index in [0.717, 1.165) is 16.9 Å². The van der Waals surface area contributed by atoms with Crippen LogP contribution in [0.3, 0.4) is 0 Å². The molecule has 0 fully saturated rings. The van der Waals surface area contributed by atoms with E-state index in [0.29, 0.717) is 6.42 Å². The summed E-state index contributed by atoms with van der Waals surface area (Å²) in [5.41, 5.74) is 0.928. The first-order valence-corrected chi connectivity index (χ1v) is 6.32. The number of aliphatic carboxylic acids is 1. The van der Waals surface area contributed by atoms with Gasteiger partial charge in [-0.25, -0.2) is 9.78 Å². The molecule has 2 aromatic rings. The van der Waals surface area contributed by atoms with Crippen LogP contribution in [0.2, 0.25) is 0 Å². The molecule has 2 rings (SSSR count). The number of hydrogen-bond donors (Lipinski definition) is 1. The van der Waals surface area contributed by atoms with Crippen molar-refractivity contribution >= 4 is 5.97 Å². The number of carboxylic acid groups (broad SMARTS) is 1. The van der Waals surface area contributed by atoms with Gasteiger partial charge in [0.25, 0.3) is 0 Å². The third-order valence-corrected chi connectivity index (χ3v) is 3.62. The van der Waals surface area contributed by atoms with Crippen LogP contribution in [-0.4, -0.2) is 27.7 Å². The van der Waals surface area contributed by atoms with Crippen molar-refractivity contribution in [1.82, 2.24) is 9.55 Å². The lowest BCUT2D eigenvalue weighted by atomic mass is 9.90. The van der Waals surface area contributed by atoms with Gasteiger partial charge < -0.3 is 14.4 Å². The molecule has 1 aromatic carbocycles. The molecule has 0 aliphatic heterocycles. The Morgan fingerprint density at radius 1 is 1.50 bits per heavy atom. The van der Waals surface area contributed by atoms with Gasteiger partial charge in [-0.05, 0) is 37.1 Å². The number of carbonyl (C=O) groups is 1. The summed E-state index contributed by atoms with van der Waals surface area (Å²) in [7, 11) is 1.61. The zero-order chi connectivity index (χ0) is 14.8. The number of nitrogens with zero attached hydrogens (tertiary/aromatic N) is 2. The fourth-order valence-electron chi connectivity index (χ4n) is 2.19. The molecule has 5 heteroatoms. The minimum absolute atomic E-state index is 0.383. The number of ether oxygens (including phenoxy) is 1. The maximum Gasteiger partial charge on any atom is 0.329 e. The Labute approximate surface area is 117 Å². The van der Waals surface area contributed by atoms with Crippen molar-refractivity contribution in [3.63, 3.8) is 0 Å². The van der Waals surface area contributed by atoms with E-state index in [1.54, 1.807) is 31.0 Å². The third kappa shape index (κ3) is 2.52. The van der Waals surface area contributed by atoms with Crippen molar-refractivity contribution in [3.8, 4) is 5.75 Å². The summed E-state index contributed by atoms with van der Waals surface area (Å²) in [6.45, 7) is 3.65. The highest BCUT2D eigenvalue weighted by Crippen LogP contribution is 2.26. The van der Waals surface area contributed by atoms with Crippen LogP contribution in [0.15, 0.2) is 36.9 Å². The van der Waals surface area contributed by atoms with Crippen LogP contribution in [0.1, 0.15) is 18.1 Å².